The van der Waals surface area contributed by atoms with Gasteiger partial charge in [0, 0.05) is 24.3 Å². The molecule has 0 amide bonds. The monoisotopic (exact) mass is 505 g/mol. The zero-order valence-corrected chi connectivity index (χ0v) is 18.9. The van der Waals surface area contributed by atoms with Crippen LogP contribution in [0.25, 0.3) is 22.0 Å². The van der Waals surface area contributed by atoms with Crippen LogP contribution in [0.3, 0.4) is 0 Å². The maximum Gasteiger partial charge on any atom is 0.423 e. The van der Waals surface area contributed by atoms with Crippen molar-refractivity contribution in [2.24, 2.45) is 0 Å². The zero-order chi connectivity index (χ0) is 26.0. The lowest BCUT2D eigenvalue weighted by Gasteiger charge is -2.18. The molecular formula is C24H20F5N5O2. The van der Waals surface area contributed by atoms with Crippen molar-refractivity contribution in [2.75, 3.05) is 5.32 Å². The van der Waals surface area contributed by atoms with Crippen LogP contribution in [0.4, 0.5) is 27.6 Å². The highest BCUT2D eigenvalue weighted by atomic mass is 19.4. The molecule has 0 spiro atoms. The van der Waals surface area contributed by atoms with Crippen LogP contribution in [0.2, 0.25) is 0 Å². The molecule has 0 saturated carbocycles. The lowest BCUT2D eigenvalue weighted by atomic mass is 10.0. The summed E-state index contributed by atoms with van der Waals surface area (Å²) >= 11 is 0. The molecule has 0 saturated heterocycles. The SMILES string of the molecule is CC(CCCn1ccc2cc(-c3ccc(F)cn3)cc(F)c2c1=O)Nc1cn[nH]c(=O)c1C(F)(F)F. The Labute approximate surface area is 200 Å². The van der Waals surface area contributed by atoms with Gasteiger partial charge in [-0.05, 0) is 55.5 Å². The highest BCUT2D eigenvalue weighted by molar-refractivity contribution is 5.86. The molecule has 188 valence electrons. The molecule has 2 N–H and O–H groups in total. The molecule has 3 heterocycles. The van der Waals surface area contributed by atoms with Crippen LogP contribution in [-0.4, -0.2) is 25.8 Å². The number of fused-ring (bicyclic) bond motifs is 1. The molecule has 0 bridgehead atoms. The van der Waals surface area contributed by atoms with Crippen molar-refractivity contribution in [2.45, 2.75) is 38.5 Å². The molecule has 0 aliphatic rings. The predicted molar refractivity (Wildman–Crippen MR) is 124 cm³/mol. The van der Waals surface area contributed by atoms with Crippen molar-refractivity contribution in [3.8, 4) is 11.3 Å². The Hall–Kier alpha value is -4.09. The van der Waals surface area contributed by atoms with Gasteiger partial charge in [-0.2, -0.15) is 18.3 Å². The average molecular weight is 505 g/mol. The number of halogens is 5. The van der Waals surface area contributed by atoms with E-state index in [1.807, 2.05) is 0 Å². The molecule has 0 aliphatic carbocycles. The largest absolute Gasteiger partial charge is 0.423 e. The van der Waals surface area contributed by atoms with Gasteiger partial charge in [-0.1, -0.05) is 0 Å². The molecule has 0 radical (unpaired) electrons. The summed E-state index contributed by atoms with van der Waals surface area (Å²) in [4.78, 5) is 28.4. The molecule has 0 aliphatic heterocycles. The number of aromatic nitrogens is 4. The third-order valence-electron chi connectivity index (χ3n) is 5.63. The van der Waals surface area contributed by atoms with E-state index in [2.05, 4.69) is 15.4 Å². The Morgan fingerprint density at radius 1 is 1.11 bits per heavy atom. The Bertz CT molecular complexity index is 1510. The minimum atomic E-state index is -4.85. The maximum absolute atomic E-state index is 14.9. The van der Waals surface area contributed by atoms with Gasteiger partial charge in [0.2, 0.25) is 0 Å². The summed E-state index contributed by atoms with van der Waals surface area (Å²) in [5, 5.41) is 8.07. The fourth-order valence-electron chi connectivity index (χ4n) is 3.93. The quantitative estimate of drug-likeness (QED) is 0.355. The highest BCUT2D eigenvalue weighted by Gasteiger charge is 2.37. The molecule has 4 rings (SSSR count). The Morgan fingerprint density at radius 2 is 1.89 bits per heavy atom. The Kier molecular flexibility index (Phi) is 6.86. The number of nitrogens with one attached hydrogen (secondary N) is 2. The normalized spacial score (nSPS) is 12.6. The highest BCUT2D eigenvalue weighted by Crippen LogP contribution is 2.32. The smallest absolute Gasteiger partial charge is 0.381 e. The van der Waals surface area contributed by atoms with Gasteiger partial charge in [0.25, 0.3) is 11.1 Å². The van der Waals surface area contributed by atoms with Crippen LogP contribution in [0, 0.1) is 11.6 Å². The number of benzene rings is 1. The van der Waals surface area contributed by atoms with E-state index in [1.54, 1.807) is 24.2 Å². The third kappa shape index (κ3) is 5.26. The minimum absolute atomic E-state index is 0.112. The predicted octanol–water partition coefficient (Wildman–Crippen LogP) is 4.72. The second-order valence-electron chi connectivity index (χ2n) is 8.27. The third-order valence-corrected chi connectivity index (χ3v) is 5.63. The summed E-state index contributed by atoms with van der Waals surface area (Å²) in [6, 6.07) is 6.46. The van der Waals surface area contributed by atoms with Gasteiger partial charge in [-0.15, -0.1) is 0 Å². The Balaban J connectivity index is 1.47. The van der Waals surface area contributed by atoms with Gasteiger partial charge in [0.1, 0.15) is 17.2 Å². The van der Waals surface area contributed by atoms with E-state index in [0.29, 0.717) is 29.5 Å². The van der Waals surface area contributed by atoms with Gasteiger partial charge in [-0.3, -0.25) is 14.6 Å². The van der Waals surface area contributed by atoms with Crippen molar-refractivity contribution < 1.29 is 22.0 Å². The number of nitrogens with zero attached hydrogens (tertiary/aromatic N) is 3. The van der Waals surface area contributed by atoms with Gasteiger partial charge >= 0.3 is 6.18 Å². The number of aromatic amines is 1. The topological polar surface area (TPSA) is 92.7 Å². The van der Waals surface area contributed by atoms with Crippen LogP contribution in [0.1, 0.15) is 25.3 Å². The lowest BCUT2D eigenvalue weighted by Crippen LogP contribution is -2.27. The van der Waals surface area contributed by atoms with Gasteiger partial charge in [0.15, 0.2) is 0 Å². The minimum Gasteiger partial charge on any atom is -0.381 e. The van der Waals surface area contributed by atoms with Gasteiger partial charge in [0.05, 0.1) is 29.2 Å². The summed E-state index contributed by atoms with van der Waals surface area (Å²) in [5.74, 6) is -1.27. The second-order valence-corrected chi connectivity index (χ2v) is 8.27. The number of hydrogen-bond acceptors (Lipinski definition) is 5. The van der Waals surface area contributed by atoms with Crippen LogP contribution in [0.15, 0.2) is 58.5 Å². The molecule has 1 aromatic carbocycles. The van der Waals surface area contributed by atoms with Crippen molar-refractivity contribution in [3.63, 3.8) is 0 Å². The number of alkyl halides is 3. The van der Waals surface area contributed by atoms with Crippen LogP contribution in [-0.2, 0) is 12.7 Å². The standard InChI is InChI=1S/C24H20F5N5O2/c1-13(32-19-12-31-33-22(35)21(19)24(27,28)29)3-2-7-34-8-6-14-9-15(10-17(26)20(14)23(34)36)18-5-4-16(25)11-30-18/h4-6,8-13H,2-3,7H2,1H3,(H2,32,33,35). The van der Waals surface area contributed by atoms with E-state index in [4.69, 9.17) is 0 Å². The molecule has 7 nitrogen and oxygen atoms in total. The number of anilines is 1. The van der Waals surface area contributed by atoms with Crippen LogP contribution < -0.4 is 16.4 Å². The Morgan fingerprint density at radius 3 is 2.58 bits per heavy atom. The second kappa shape index (κ2) is 9.88. The molecule has 12 heteroatoms. The van der Waals surface area contributed by atoms with E-state index in [0.717, 1.165) is 18.5 Å². The molecule has 36 heavy (non-hydrogen) atoms. The van der Waals surface area contributed by atoms with E-state index < -0.39 is 46.2 Å². The lowest BCUT2D eigenvalue weighted by molar-refractivity contribution is -0.138. The molecule has 0 fully saturated rings. The fraction of sp³-hybridized carbons (Fsp3) is 0.250. The van der Waals surface area contributed by atoms with Crippen molar-refractivity contribution >= 4 is 16.5 Å². The first-order chi connectivity index (χ1) is 17.0. The number of aryl methyl sites for hydroxylation is 1. The zero-order valence-electron chi connectivity index (χ0n) is 18.9. The summed E-state index contributed by atoms with van der Waals surface area (Å²) in [5.41, 5.74) is -2.95. The van der Waals surface area contributed by atoms with Crippen molar-refractivity contribution in [3.05, 3.63) is 86.8 Å². The first kappa shape index (κ1) is 25.0. The van der Waals surface area contributed by atoms with Crippen molar-refractivity contribution in [1.29, 1.82) is 0 Å². The van der Waals surface area contributed by atoms with E-state index in [1.165, 1.54) is 22.9 Å². The van der Waals surface area contributed by atoms with Crippen LogP contribution >= 0.6 is 0 Å². The molecule has 1 unspecified atom stereocenters. The van der Waals surface area contributed by atoms with E-state index in [-0.39, 0.29) is 11.9 Å². The average Bonchev–Trinajstić information content (AvgIpc) is 2.80. The van der Waals surface area contributed by atoms with Gasteiger partial charge < -0.3 is 9.88 Å². The van der Waals surface area contributed by atoms with E-state index in [9.17, 15) is 31.5 Å². The van der Waals surface area contributed by atoms with Crippen LogP contribution in [0.5, 0.6) is 0 Å². The molecular weight excluding hydrogens is 485 g/mol. The maximum atomic E-state index is 14.9. The fourth-order valence-corrected chi connectivity index (χ4v) is 3.93. The summed E-state index contributed by atoms with van der Waals surface area (Å²) in [6.45, 7) is 1.83. The number of hydrogen-bond donors (Lipinski definition) is 2. The number of H-pyrrole nitrogens is 1. The van der Waals surface area contributed by atoms with E-state index >= 15 is 0 Å². The summed E-state index contributed by atoms with van der Waals surface area (Å²) in [7, 11) is 0. The summed E-state index contributed by atoms with van der Waals surface area (Å²) in [6.07, 6.45) is -0.697. The van der Waals surface area contributed by atoms with Crippen molar-refractivity contribution in [1.82, 2.24) is 19.7 Å². The summed E-state index contributed by atoms with van der Waals surface area (Å²) < 4.78 is 68.9. The van der Waals surface area contributed by atoms with Gasteiger partial charge in [-0.25, -0.2) is 13.9 Å². The first-order valence-corrected chi connectivity index (χ1v) is 10.9. The molecule has 1 atom stereocenters. The number of rotatable bonds is 7. The first-order valence-electron chi connectivity index (χ1n) is 10.9. The molecule has 3 aromatic heterocycles. The molecule has 4 aromatic rings. The number of pyridine rings is 2.